The Kier molecular flexibility index (Phi) is 10.2. The van der Waals surface area contributed by atoms with Crippen LogP contribution in [-0.4, -0.2) is 48.7 Å². The van der Waals surface area contributed by atoms with Gasteiger partial charge in [0.15, 0.2) is 11.7 Å². The molecule has 5 heteroatoms. The Hall–Kier alpha value is -2.13. The van der Waals surface area contributed by atoms with Crippen molar-refractivity contribution in [1.82, 2.24) is 9.80 Å². The van der Waals surface area contributed by atoms with Crippen molar-refractivity contribution in [2.75, 3.05) is 27.2 Å². The predicted molar refractivity (Wildman–Crippen MR) is 149 cm³/mol. The van der Waals surface area contributed by atoms with Gasteiger partial charge in [-0.15, -0.1) is 0 Å². The third kappa shape index (κ3) is 6.36. The van der Waals surface area contributed by atoms with Crippen LogP contribution in [0.4, 0.5) is 11.4 Å². The summed E-state index contributed by atoms with van der Waals surface area (Å²) in [5, 5.41) is 0. The van der Waals surface area contributed by atoms with E-state index in [0.29, 0.717) is 23.7 Å². The van der Waals surface area contributed by atoms with Gasteiger partial charge in [-0.25, -0.2) is 9.98 Å². The summed E-state index contributed by atoms with van der Waals surface area (Å²) >= 11 is 0. The monoisotopic (exact) mass is 518 g/mol. The number of rotatable bonds is 6. The van der Waals surface area contributed by atoms with Crippen molar-refractivity contribution in [1.29, 1.82) is 0 Å². The summed E-state index contributed by atoms with van der Waals surface area (Å²) in [6.07, 6.45) is 0. The molecular weight excluding hydrogens is 475 g/mol. The molecule has 0 N–H and O–H groups in total. The second-order valence-electron chi connectivity index (χ2n) is 10.9. The Morgan fingerprint density at radius 2 is 0.800 bits per heavy atom. The first-order valence-electron chi connectivity index (χ1n) is 12.9. The maximum Gasteiger partial charge on any atom is 0.172 e. The summed E-state index contributed by atoms with van der Waals surface area (Å²) in [7, 11) is 4.29. The molecule has 0 aliphatic carbocycles. The third-order valence-corrected chi connectivity index (χ3v) is 6.81. The molecule has 1 aliphatic rings. The minimum Gasteiger partial charge on any atom is -0.355 e. The van der Waals surface area contributed by atoms with Gasteiger partial charge in [0, 0.05) is 43.7 Å². The van der Waals surface area contributed by atoms with Crippen molar-refractivity contribution >= 4 is 23.0 Å². The molecule has 4 nitrogen and oxygen atoms in total. The molecule has 1 saturated heterocycles. The van der Waals surface area contributed by atoms with Crippen LogP contribution in [-0.2, 0) is 16.5 Å². The summed E-state index contributed by atoms with van der Waals surface area (Å²) in [5.41, 5.74) is 7.41. The molecule has 0 atom stereocenters. The van der Waals surface area contributed by atoms with Crippen LogP contribution < -0.4 is 0 Å². The molecule has 1 heterocycles. The van der Waals surface area contributed by atoms with Crippen LogP contribution in [0.15, 0.2) is 46.4 Å². The van der Waals surface area contributed by atoms with Crippen LogP contribution in [0.1, 0.15) is 101 Å². The zero-order valence-electron chi connectivity index (χ0n) is 23.3. The molecule has 0 unspecified atom stereocenters. The van der Waals surface area contributed by atoms with E-state index in [4.69, 9.17) is 9.98 Å². The molecule has 3 rings (SSSR count). The quantitative estimate of drug-likeness (QED) is 0.365. The van der Waals surface area contributed by atoms with Crippen LogP contribution in [0.2, 0.25) is 0 Å². The van der Waals surface area contributed by atoms with Gasteiger partial charge in [0.2, 0.25) is 0 Å². The van der Waals surface area contributed by atoms with E-state index in [-0.39, 0.29) is 16.5 Å². The van der Waals surface area contributed by atoms with Gasteiger partial charge in [0.1, 0.15) is 0 Å². The molecule has 0 bridgehead atoms. The smallest absolute Gasteiger partial charge is 0.172 e. The maximum atomic E-state index is 5.39. The number of benzene rings is 2. The Labute approximate surface area is 223 Å². The third-order valence-electron chi connectivity index (χ3n) is 6.81. The van der Waals surface area contributed by atoms with Crippen molar-refractivity contribution in [3.63, 3.8) is 0 Å². The van der Waals surface area contributed by atoms with Gasteiger partial charge >= 0.3 is 0 Å². The van der Waals surface area contributed by atoms with Gasteiger partial charge in [0.05, 0.1) is 11.4 Å². The van der Waals surface area contributed by atoms with Crippen LogP contribution >= 0.6 is 0 Å². The molecule has 0 amide bonds. The summed E-state index contributed by atoms with van der Waals surface area (Å²) < 4.78 is 0. The number of likely N-dealkylation sites (N-methyl/N-ethyl adjacent to an activating group) is 2. The number of hydrogen-bond acceptors (Lipinski definition) is 2. The fraction of sp³-hybridized carbons (Fsp3) is 0.533. The number of para-hydroxylation sites is 2. The van der Waals surface area contributed by atoms with Gasteiger partial charge in [-0.1, -0.05) is 91.8 Å². The average molecular weight is 519 g/mol. The summed E-state index contributed by atoms with van der Waals surface area (Å²) in [6.45, 7) is 19.9. The van der Waals surface area contributed by atoms with Gasteiger partial charge < -0.3 is 9.80 Å². The number of piperazine rings is 1. The van der Waals surface area contributed by atoms with Crippen LogP contribution in [0.5, 0.6) is 0 Å². The molecule has 2 aromatic carbocycles. The molecule has 0 aromatic heterocycles. The topological polar surface area (TPSA) is 31.2 Å². The summed E-state index contributed by atoms with van der Waals surface area (Å²) in [5.74, 6) is 3.52. The number of aliphatic imine (C=N–C) groups is 2. The Bertz CT molecular complexity index is 928. The van der Waals surface area contributed by atoms with Crippen molar-refractivity contribution in [3.05, 3.63) is 58.7 Å². The molecule has 0 radical (unpaired) electrons. The molecule has 1 aliphatic heterocycles. The van der Waals surface area contributed by atoms with Crippen LogP contribution in [0.25, 0.3) is 0 Å². The average Bonchev–Trinajstić information content (AvgIpc) is 2.77. The first kappa shape index (κ1) is 29.1. The van der Waals surface area contributed by atoms with Crippen LogP contribution in [0, 0.1) is 0 Å². The van der Waals surface area contributed by atoms with Gasteiger partial charge in [0.25, 0.3) is 0 Å². The Balaban J connectivity index is 0.00000432. The number of amidine groups is 2. The first-order valence-corrected chi connectivity index (χ1v) is 12.9. The van der Waals surface area contributed by atoms with Crippen molar-refractivity contribution in [3.8, 4) is 0 Å². The van der Waals surface area contributed by atoms with E-state index in [1.807, 2.05) is 0 Å². The van der Waals surface area contributed by atoms with E-state index in [2.05, 4.69) is 116 Å². The first-order chi connectivity index (χ1) is 16.0. The standard InChI is InChI=1S/C30H44N4.Ni/c1-19(2)23-13-11-14-24(20(3)4)27(23)31-29-30(34(10)18-17-33(29)9)32-28-25(21(5)6)15-12-16-26(28)22(7)8;/h11-16,19-22H,17-18H2,1-10H3;. The van der Waals surface area contributed by atoms with E-state index >= 15 is 0 Å². The Morgan fingerprint density at radius 3 is 1.03 bits per heavy atom. The number of hydrogen-bond donors (Lipinski definition) is 0. The van der Waals surface area contributed by atoms with Gasteiger partial charge in [-0.05, 0) is 45.9 Å². The fourth-order valence-electron chi connectivity index (χ4n) is 4.62. The van der Waals surface area contributed by atoms with E-state index in [1.165, 1.54) is 22.3 Å². The van der Waals surface area contributed by atoms with Crippen molar-refractivity contribution in [2.45, 2.75) is 79.1 Å². The number of nitrogens with zero attached hydrogens (tertiary/aromatic N) is 4. The Morgan fingerprint density at radius 1 is 0.543 bits per heavy atom. The SMILES string of the molecule is CC(C)c1cccc(C(C)C)c1N=C1C(=Nc2c(C(C)C)cccc2C(C)C)N(C)CCN1C.[Ni]. The van der Waals surface area contributed by atoms with Gasteiger partial charge in [-0.2, -0.15) is 0 Å². The second kappa shape index (κ2) is 12.2. The zero-order valence-corrected chi connectivity index (χ0v) is 24.3. The van der Waals surface area contributed by atoms with Gasteiger partial charge in [-0.3, -0.25) is 0 Å². The second-order valence-corrected chi connectivity index (χ2v) is 10.9. The normalized spacial score (nSPS) is 16.9. The minimum atomic E-state index is 0. The minimum absolute atomic E-state index is 0. The van der Waals surface area contributed by atoms with E-state index < -0.39 is 0 Å². The molecule has 194 valence electrons. The predicted octanol–water partition coefficient (Wildman–Crippen LogP) is 7.82. The van der Waals surface area contributed by atoms with Crippen molar-refractivity contribution in [2.24, 2.45) is 9.98 Å². The molecular formula is C30H44N4Ni. The zero-order chi connectivity index (χ0) is 25.2. The van der Waals surface area contributed by atoms with E-state index in [1.54, 1.807) is 0 Å². The fourth-order valence-corrected chi connectivity index (χ4v) is 4.62. The molecule has 2 aromatic rings. The summed E-state index contributed by atoms with van der Waals surface area (Å²) in [6, 6.07) is 13.3. The molecule has 35 heavy (non-hydrogen) atoms. The largest absolute Gasteiger partial charge is 0.355 e. The molecule has 1 fully saturated rings. The van der Waals surface area contributed by atoms with Crippen molar-refractivity contribution < 1.29 is 16.5 Å². The molecule has 0 saturated carbocycles. The van der Waals surface area contributed by atoms with Crippen LogP contribution in [0.3, 0.4) is 0 Å². The maximum absolute atomic E-state index is 5.39. The summed E-state index contributed by atoms with van der Waals surface area (Å²) in [4.78, 5) is 15.3. The van der Waals surface area contributed by atoms with E-state index in [9.17, 15) is 0 Å². The molecule has 0 spiro atoms. The van der Waals surface area contributed by atoms with E-state index in [0.717, 1.165) is 36.1 Å².